The minimum Gasteiger partial charge on any atom is -0.479 e. The molecule has 1 aromatic heterocycles. The third-order valence-electron chi connectivity index (χ3n) is 5.06. The first-order valence-electron chi connectivity index (χ1n) is 7.47. The summed E-state index contributed by atoms with van der Waals surface area (Å²) in [6.45, 7) is 7.93. The number of aromatic nitrogens is 1. The van der Waals surface area contributed by atoms with Crippen LogP contribution >= 0.6 is 0 Å². The molecule has 1 amide bonds. The maximum Gasteiger partial charge on any atom is 0.330 e. The molecule has 1 heterocycles. The molecule has 2 atom stereocenters. The average molecular weight is 308 g/mol. The molecule has 122 valence electrons. The summed E-state index contributed by atoms with van der Waals surface area (Å²) in [6, 6.07) is 3.53. The fourth-order valence-corrected chi connectivity index (χ4v) is 3.14. The fourth-order valence-electron chi connectivity index (χ4n) is 3.14. The van der Waals surface area contributed by atoms with Crippen LogP contribution in [0.3, 0.4) is 0 Å². The molecule has 1 aliphatic rings. The van der Waals surface area contributed by atoms with Crippen LogP contribution in [0.25, 0.3) is 0 Å². The average Bonchev–Trinajstić information content (AvgIpc) is 2.77. The minimum absolute atomic E-state index is 0.177. The van der Waals surface area contributed by atoms with Gasteiger partial charge in [0.05, 0.1) is 6.10 Å². The molecular weight excluding hydrogens is 284 g/mol. The lowest BCUT2D eigenvalue weighted by Crippen LogP contribution is -2.76. The summed E-state index contributed by atoms with van der Waals surface area (Å²) in [5.41, 5.74) is -0.587. The van der Waals surface area contributed by atoms with E-state index in [0.29, 0.717) is 12.3 Å². The largest absolute Gasteiger partial charge is 0.479 e. The Bertz CT molecular complexity index is 605. The van der Waals surface area contributed by atoms with Crippen LogP contribution in [0, 0.1) is 12.3 Å². The summed E-state index contributed by atoms with van der Waals surface area (Å²) in [6.07, 6.45) is 0.0993. The number of nitrogens with zero attached hydrogens (tertiary/aromatic N) is 1. The summed E-state index contributed by atoms with van der Waals surface area (Å²) in [7, 11) is 1.78. The Labute approximate surface area is 130 Å². The van der Waals surface area contributed by atoms with Gasteiger partial charge in [-0.15, -0.1) is 0 Å². The van der Waals surface area contributed by atoms with Crippen molar-refractivity contribution >= 4 is 11.9 Å². The molecule has 1 saturated carbocycles. The molecule has 1 fully saturated rings. The Balaban J connectivity index is 2.26. The van der Waals surface area contributed by atoms with Gasteiger partial charge in [-0.2, -0.15) is 0 Å². The fraction of sp³-hybridized carbons (Fsp3) is 0.625. The second kappa shape index (κ2) is 5.43. The van der Waals surface area contributed by atoms with E-state index in [0.717, 1.165) is 5.69 Å². The molecule has 2 unspecified atom stereocenters. The van der Waals surface area contributed by atoms with Crippen molar-refractivity contribution in [3.63, 3.8) is 0 Å². The summed E-state index contributed by atoms with van der Waals surface area (Å²) < 4.78 is 7.34. The van der Waals surface area contributed by atoms with E-state index in [-0.39, 0.29) is 18.4 Å². The second-order valence-electron chi connectivity index (χ2n) is 6.45. The van der Waals surface area contributed by atoms with Crippen LogP contribution in [0.5, 0.6) is 0 Å². The van der Waals surface area contributed by atoms with Crippen LogP contribution in [0.2, 0.25) is 0 Å². The standard InChI is InChI=1S/C16H24N2O4/c1-6-22-12-9-16(14(20)21,15(12,3)4)17-13(19)11-8-7-10(2)18(11)5/h7-8,12H,6,9H2,1-5H3,(H,17,19)(H,20,21). The van der Waals surface area contributed by atoms with Gasteiger partial charge in [0.1, 0.15) is 11.2 Å². The SMILES string of the molecule is CCOC1CC(NC(=O)c2ccc(C)n2C)(C(=O)O)C1(C)C. The molecule has 0 radical (unpaired) electrons. The van der Waals surface area contributed by atoms with Gasteiger partial charge in [0, 0.05) is 31.2 Å². The quantitative estimate of drug-likeness (QED) is 0.868. The van der Waals surface area contributed by atoms with Gasteiger partial charge in [-0.25, -0.2) is 4.79 Å². The predicted octanol–water partition coefficient (Wildman–Crippen LogP) is 1.72. The van der Waals surface area contributed by atoms with Gasteiger partial charge in [-0.1, -0.05) is 13.8 Å². The molecule has 0 saturated heterocycles. The van der Waals surface area contributed by atoms with Crippen molar-refractivity contribution < 1.29 is 19.4 Å². The van der Waals surface area contributed by atoms with Crippen molar-refractivity contribution in [1.82, 2.24) is 9.88 Å². The van der Waals surface area contributed by atoms with Gasteiger partial charge in [0.25, 0.3) is 5.91 Å². The minimum atomic E-state index is -1.30. The second-order valence-corrected chi connectivity index (χ2v) is 6.45. The van der Waals surface area contributed by atoms with Crippen molar-refractivity contribution in [2.24, 2.45) is 12.5 Å². The Morgan fingerprint density at radius 2 is 2.09 bits per heavy atom. The van der Waals surface area contributed by atoms with Crippen molar-refractivity contribution in [1.29, 1.82) is 0 Å². The van der Waals surface area contributed by atoms with E-state index in [1.54, 1.807) is 17.7 Å². The Morgan fingerprint density at radius 3 is 2.50 bits per heavy atom. The van der Waals surface area contributed by atoms with Crippen LogP contribution < -0.4 is 5.32 Å². The molecule has 0 bridgehead atoms. The highest BCUT2D eigenvalue weighted by molar-refractivity contribution is 5.97. The first-order valence-corrected chi connectivity index (χ1v) is 7.47. The molecule has 0 aliphatic heterocycles. The van der Waals surface area contributed by atoms with E-state index >= 15 is 0 Å². The van der Waals surface area contributed by atoms with E-state index in [4.69, 9.17) is 4.74 Å². The number of aliphatic carboxylic acids is 1. The number of carboxylic acids is 1. The zero-order chi connectivity index (χ0) is 16.7. The summed E-state index contributed by atoms with van der Waals surface area (Å²) >= 11 is 0. The number of hydrogen-bond acceptors (Lipinski definition) is 3. The molecule has 2 rings (SSSR count). The first kappa shape index (κ1) is 16.5. The van der Waals surface area contributed by atoms with Gasteiger partial charge >= 0.3 is 5.97 Å². The van der Waals surface area contributed by atoms with Gasteiger partial charge in [-0.3, -0.25) is 4.79 Å². The van der Waals surface area contributed by atoms with Crippen molar-refractivity contribution in [2.45, 2.75) is 45.8 Å². The monoisotopic (exact) mass is 308 g/mol. The van der Waals surface area contributed by atoms with E-state index in [2.05, 4.69) is 5.32 Å². The number of carbonyl (C=O) groups excluding carboxylic acids is 1. The highest BCUT2D eigenvalue weighted by Crippen LogP contribution is 2.51. The van der Waals surface area contributed by atoms with Crippen molar-refractivity contribution in [3.05, 3.63) is 23.5 Å². The number of hydrogen-bond donors (Lipinski definition) is 2. The van der Waals surface area contributed by atoms with Crippen LogP contribution in [-0.2, 0) is 16.6 Å². The number of carboxylic acid groups (broad SMARTS) is 1. The van der Waals surface area contributed by atoms with Gasteiger partial charge in [0.15, 0.2) is 0 Å². The van der Waals surface area contributed by atoms with Crippen molar-refractivity contribution in [3.8, 4) is 0 Å². The van der Waals surface area contributed by atoms with Gasteiger partial charge < -0.3 is 19.7 Å². The molecule has 2 N–H and O–H groups in total. The molecule has 0 spiro atoms. The third-order valence-corrected chi connectivity index (χ3v) is 5.06. The van der Waals surface area contributed by atoms with Gasteiger partial charge in [0.2, 0.25) is 0 Å². The van der Waals surface area contributed by atoms with E-state index in [1.165, 1.54) is 0 Å². The molecule has 6 nitrogen and oxygen atoms in total. The number of aryl methyl sites for hydroxylation is 1. The molecule has 1 aliphatic carbocycles. The molecule has 6 heteroatoms. The Kier molecular flexibility index (Phi) is 4.08. The van der Waals surface area contributed by atoms with E-state index < -0.39 is 16.9 Å². The van der Waals surface area contributed by atoms with Crippen LogP contribution in [0.4, 0.5) is 0 Å². The lowest BCUT2D eigenvalue weighted by atomic mass is 9.54. The zero-order valence-corrected chi connectivity index (χ0v) is 13.8. The van der Waals surface area contributed by atoms with Crippen LogP contribution in [0.15, 0.2) is 12.1 Å². The van der Waals surface area contributed by atoms with Crippen LogP contribution in [-0.4, -0.2) is 39.8 Å². The number of ether oxygens (including phenoxy) is 1. The molecule has 0 aromatic carbocycles. The number of amides is 1. The topological polar surface area (TPSA) is 80.6 Å². The van der Waals surface area contributed by atoms with E-state index in [9.17, 15) is 14.7 Å². The normalized spacial score (nSPS) is 26.3. The molecule has 1 aromatic rings. The summed E-state index contributed by atoms with van der Waals surface area (Å²) in [5, 5.41) is 12.4. The lowest BCUT2D eigenvalue weighted by Gasteiger charge is -2.58. The van der Waals surface area contributed by atoms with Crippen molar-refractivity contribution in [2.75, 3.05) is 6.61 Å². The van der Waals surface area contributed by atoms with Gasteiger partial charge in [-0.05, 0) is 26.0 Å². The maximum absolute atomic E-state index is 12.5. The number of nitrogens with one attached hydrogen (secondary N) is 1. The summed E-state index contributed by atoms with van der Waals surface area (Å²) in [5.74, 6) is -1.39. The van der Waals surface area contributed by atoms with Crippen LogP contribution in [0.1, 0.15) is 43.4 Å². The highest BCUT2D eigenvalue weighted by atomic mass is 16.5. The highest BCUT2D eigenvalue weighted by Gasteiger charge is 2.66. The molecular formula is C16H24N2O4. The summed E-state index contributed by atoms with van der Waals surface area (Å²) in [4.78, 5) is 24.4. The van der Waals surface area contributed by atoms with E-state index in [1.807, 2.05) is 33.8 Å². The Hall–Kier alpha value is -1.82. The third kappa shape index (κ3) is 2.22. The lowest BCUT2D eigenvalue weighted by molar-refractivity contribution is -0.190. The maximum atomic E-state index is 12.5. The molecule has 22 heavy (non-hydrogen) atoms. The predicted molar refractivity (Wildman–Crippen MR) is 81.8 cm³/mol. The smallest absolute Gasteiger partial charge is 0.330 e. The number of carbonyl (C=O) groups is 2. The Morgan fingerprint density at radius 1 is 1.45 bits per heavy atom. The number of rotatable bonds is 5. The zero-order valence-electron chi connectivity index (χ0n) is 13.8. The first-order chi connectivity index (χ1) is 10.2.